The molecule has 102 valence electrons. The summed E-state index contributed by atoms with van der Waals surface area (Å²) in [6.45, 7) is 9.86. The second-order valence-corrected chi connectivity index (χ2v) is 5.43. The van der Waals surface area contributed by atoms with E-state index < -0.39 is 6.10 Å². The monoisotopic (exact) mass is 253 g/mol. The smallest absolute Gasteiger partial charge is 0.126 e. The van der Waals surface area contributed by atoms with Crippen molar-refractivity contribution in [3.05, 3.63) is 29.1 Å². The molecule has 0 amide bonds. The molecule has 0 radical (unpaired) electrons. The van der Waals surface area contributed by atoms with Crippen LogP contribution in [0.15, 0.2) is 12.1 Å². The highest BCUT2D eigenvalue weighted by atomic mass is 19.1. The van der Waals surface area contributed by atoms with Crippen LogP contribution >= 0.6 is 0 Å². The molecular weight excluding hydrogens is 229 g/mol. The minimum atomic E-state index is -0.670. The molecule has 2 nitrogen and oxygen atoms in total. The molecule has 0 saturated heterocycles. The minimum absolute atomic E-state index is 0.264. The highest BCUT2D eigenvalue weighted by molar-refractivity contribution is 5.57. The van der Waals surface area contributed by atoms with Crippen molar-refractivity contribution in [3.8, 4) is 0 Å². The third-order valence-corrected chi connectivity index (χ3v) is 3.71. The van der Waals surface area contributed by atoms with Gasteiger partial charge in [-0.15, -0.1) is 0 Å². The number of halogens is 1. The first-order chi connectivity index (χ1) is 8.25. The molecule has 1 N–H and O–H groups in total. The van der Waals surface area contributed by atoms with Gasteiger partial charge in [-0.3, -0.25) is 0 Å². The van der Waals surface area contributed by atoms with Crippen LogP contribution in [0.1, 0.15) is 44.9 Å². The first-order valence-corrected chi connectivity index (χ1v) is 6.46. The normalized spacial score (nSPS) is 14.7. The van der Waals surface area contributed by atoms with Crippen LogP contribution in [0.5, 0.6) is 0 Å². The van der Waals surface area contributed by atoms with E-state index in [1.54, 1.807) is 13.8 Å². The topological polar surface area (TPSA) is 23.5 Å². The fourth-order valence-electron chi connectivity index (χ4n) is 1.99. The van der Waals surface area contributed by atoms with Crippen molar-refractivity contribution >= 4 is 5.69 Å². The van der Waals surface area contributed by atoms with Crippen LogP contribution in [-0.4, -0.2) is 18.2 Å². The average molecular weight is 253 g/mol. The fraction of sp³-hybridized carbons (Fsp3) is 0.600. The summed E-state index contributed by atoms with van der Waals surface area (Å²) >= 11 is 0. The van der Waals surface area contributed by atoms with E-state index in [4.69, 9.17) is 0 Å². The van der Waals surface area contributed by atoms with Crippen LogP contribution in [0.25, 0.3) is 0 Å². The third kappa shape index (κ3) is 3.02. The lowest BCUT2D eigenvalue weighted by Crippen LogP contribution is -2.34. The van der Waals surface area contributed by atoms with Crippen LogP contribution in [0, 0.1) is 18.7 Å². The van der Waals surface area contributed by atoms with Gasteiger partial charge in [-0.2, -0.15) is 0 Å². The Morgan fingerprint density at radius 1 is 1.17 bits per heavy atom. The summed E-state index contributed by atoms with van der Waals surface area (Å²) in [6, 6.07) is 3.59. The van der Waals surface area contributed by atoms with Gasteiger partial charge in [0.05, 0.1) is 6.10 Å². The third-order valence-electron chi connectivity index (χ3n) is 3.71. The molecule has 2 unspecified atom stereocenters. The van der Waals surface area contributed by atoms with Gasteiger partial charge in [0.15, 0.2) is 0 Å². The maximum Gasteiger partial charge on any atom is 0.126 e. The zero-order valence-electron chi connectivity index (χ0n) is 12.2. The molecule has 1 aromatic carbocycles. The summed E-state index contributed by atoms with van der Waals surface area (Å²) in [4.78, 5) is 2.11. The Labute approximate surface area is 109 Å². The van der Waals surface area contributed by atoms with Gasteiger partial charge in [-0.1, -0.05) is 13.8 Å². The summed E-state index contributed by atoms with van der Waals surface area (Å²) in [5.41, 5.74) is 2.16. The van der Waals surface area contributed by atoms with Crippen molar-refractivity contribution in [3.63, 3.8) is 0 Å². The van der Waals surface area contributed by atoms with E-state index >= 15 is 0 Å². The largest absolute Gasteiger partial charge is 0.389 e. The molecule has 0 fully saturated rings. The van der Waals surface area contributed by atoms with Gasteiger partial charge in [0, 0.05) is 24.3 Å². The number of hydrogen-bond donors (Lipinski definition) is 1. The second-order valence-electron chi connectivity index (χ2n) is 5.43. The van der Waals surface area contributed by atoms with Gasteiger partial charge in [0.2, 0.25) is 0 Å². The second kappa shape index (κ2) is 5.70. The number of anilines is 1. The van der Waals surface area contributed by atoms with Crippen LogP contribution in [-0.2, 0) is 0 Å². The number of nitrogens with zero attached hydrogens (tertiary/aromatic N) is 1. The van der Waals surface area contributed by atoms with Gasteiger partial charge < -0.3 is 10.0 Å². The molecule has 0 bridgehead atoms. The van der Waals surface area contributed by atoms with E-state index in [0.29, 0.717) is 23.1 Å². The summed E-state index contributed by atoms with van der Waals surface area (Å²) in [5.74, 6) is 0.224. The maximum atomic E-state index is 13.6. The molecule has 0 aliphatic rings. The number of benzene rings is 1. The summed E-state index contributed by atoms with van der Waals surface area (Å²) in [5, 5.41) is 9.80. The van der Waals surface area contributed by atoms with E-state index in [9.17, 15) is 9.50 Å². The number of rotatable bonds is 4. The summed E-state index contributed by atoms with van der Waals surface area (Å²) in [6.07, 6.45) is -0.670. The molecule has 0 spiro atoms. The van der Waals surface area contributed by atoms with Crippen LogP contribution < -0.4 is 4.90 Å². The van der Waals surface area contributed by atoms with Crippen molar-refractivity contribution in [1.82, 2.24) is 0 Å². The van der Waals surface area contributed by atoms with E-state index in [1.807, 2.05) is 13.1 Å². The maximum absolute atomic E-state index is 13.6. The highest BCUT2D eigenvalue weighted by Crippen LogP contribution is 2.30. The molecule has 0 aliphatic carbocycles. The number of aliphatic hydroxyl groups is 1. The number of aryl methyl sites for hydroxylation is 1. The van der Waals surface area contributed by atoms with Crippen molar-refractivity contribution < 1.29 is 9.50 Å². The zero-order valence-corrected chi connectivity index (χ0v) is 12.2. The molecule has 2 atom stereocenters. The standard InChI is InChI=1S/C15H24FNO/c1-9(2)11(4)17(6)15-7-10(3)14(16)8-13(15)12(5)18/h7-9,11-12,18H,1-6H3. The number of hydrogen-bond acceptors (Lipinski definition) is 2. The van der Waals surface area contributed by atoms with E-state index in [0.717, 1.165) is 5.69 Å². The van der Waals surface area contributed by atoms with Gasteiger partial charge in [-0.05, 0) is 44.4 Å². The molecule has 1 aromatic rings. The predicted octanol–water partition coefficient (Wildman–Crippen LogP) is 3.67. The van der Waals surface area contributed by atoms with Crippen LogP contribution in [0.2, 0.25) is 0 Å². The Morgan fingerprint density at radius 3 is 2.17 bits per heavy atom. The van der Waals surface area contributed by atoms with Crippen molar-refractivity contribution in [2.45, 2.75) is 46.8 Å². The molecule has 3 heteroatoms. The van der Waals surface area contributed by atoms with E-state index in [1.165, 1.54) is 6.07 Å². The summed E-state index contributed by atoms with van der Waals surface area (Å²) < 4.78 is 13.6. The molecule has 0 aliphatic heterocycles. The van der Waals surface area contributed by atoms with Gasteiger partial charge in [0.25, 0.3) is 0 Å². The minimum Gasteiger partial charge on any atom is -0.389 e. The highest BCUT2D eigenvalue weighted by Gasteiger charge is 2.19. The van der Waals surface area contributed by atoms with E-state index in [2.05, 4.69) is 25.7 Å². The molecule has 18 heavy (non-hydrogen) atoms. The lowest BCUT2D eigenvalue weighted by atomic mass is 10.00. The fourth-order valence-corrected chi connectivity index (χ4v) is 1.99. The van der Waals surface area contributed by atoms with Crippen molar-refractivity contribution in [2.75, 3.05) is 11.9 Å². The lowest BCUT2D eigenvalue weighted by molar-refractivity contribution is 0.199. The lowest BCUT2D eigenvalue weighted by Gasteiger charge is -2.32. The average Bonchev–Trinajstić information content (AvgIpc) is 2.29. The van der Waals surface area contributed by atoms with Crippen LogP contribution in [0.4, 0.5) is 10.1 Å². The van der Waals surface area contributed by atoms with Crippen LogP contribution in [0.3, 0.4) is 0 Å². The van der Waals surface area contributed by atoms with Crippen molar-refractivity contribution in [2.24, 2.45) is 5.92 Å². The molecular formula is C15H24FNO. The SMILES string of the molecule is Cc1cc(N(C)C(C)C(C)C)c(C(C)O)cc1F. The van der Waals surface area contributed by atoms with Gasteiger partial charge in [-0.25, -0.2) is 4.39 Å². The molecule has 0 aromatic heterocycles. The van der Waals surface area contributed by atoms with Crippen molar-refractivity contribution in [1.29, 1.82) is 0 Å². The van der Waals surface area contributed by atoms with Gasteiger partial charge >= 0.3 is 0 Å². The zero-order chi connectivity index (χ0) is 14.0. The Kier molecular flexibility index (Phi) is 4.74. The first kappa shape index (κ1) is 15.0. The molecule has 0 heterocycles. The summed E-state index contributed by atoms with van der Waals surface area (Å²) in [7, 11) is 1.99. The Hall–Kier alpha value is -1.09. The van der Waals surface area contributed by atoms with Gasteiger partial charge in [0.1, 0.15) is 5.82 Å². The Morgan fingerprint density at radius 2 is 1.72 bits per heavy atom. The first-order valence-electron chi connectivity index (χ1n) is 6.46. The molecule has 0 saturated carbocycles. The quantitative estimate of drug-likeness (QED) is 0.885. The number of aliphatic hydroxyl groups excluding tert-OH is 1. The van der Waals surface area contributed by atoms with E-state index in [-0.39, 0.29) is 5.82 Å². The Balaban J connectivity index is 3.25. The molecule has 1 rings (SSSR count). The Bertz CT molecular complexity index is 415. The predicted molar refractivity (Wildman–Crippen MR) is 74.5 cm³/mol.